The fraction of sp³-hybridized carbons (Fsp3) is 0.471. The summed E-state index contributed by atoms with van der Waals surface area (Å²) in [5.74, 6) is 0. The second kappa shape index (κ2) is 7.05. The van der Waals surface area contributed by atoms with Crippen molar-refractivity contribution in [3.63, 3.8) is 0 Å². The minimum atomic E-state index is -0.186. The summed E-state index contributed by atoms with van der Waals surface area (Å²) < 4.78 is 7.94. The number of nitrogens with zero attached hydrogens (tertiary/aromatic N) is 3. The molecule has 0 unspecified atom stereocenters. The summed E-state index contributed by atoms with van der Waals surface area (Å²) in [6, 6.07) is 10.4. The average molecular weight is 301 g/mol. The van der Waals surface area contributed by atoms with Gasteiger partial charge < -0.3 is 14.4 Å². The normalized spacial score (nSPS) is 22.8. The van der Waals surface area contributed by atoms with Gasteiger partial charge >= 0.3 is 0 Å². The number of aromatic nitrogens is 2. The molecule has 0 saturated carbocycles. The quantitative estimate of drug-likeness (QED) is 0.915. The molecule has 3 rings (SSSR count). The van der Waals surface area contributed by atoms with Crippen molar-refractivity contribution >= 4 is 0 Å². The van der Waals surface area contributed by atoms with Crippen molar-refractivity contribution in [3.8, 4) is 0 Å². The van der Waals surface area contributed by atoms with E-state index in [4.69, 9.17) is 4.74 Å². The van der Waals surface area contributed by atoms with Gasteiger partial charge in [-0.25, -0.2) is 4.98 Å². The van der Waals surface area contributed by atoms with Gasteiger partial charge in [0.25, 0.3) is 0 Å². The molecule has 5 nitrogen and oxygen atoms in total. The van der Waals surface area contributed by atoms with Crippen LogP contribution in [0.25, 0.3) is 0 Å². The summed E-state index contributed by atoms with van der Waals surface area (Å²) in [6.45, 7) is 5.38. The van der Waals surface area contributed by atoms with Gasteiger partial charge in [-0.3, -0.25) is 4.90 Å². The summed E-state index contributed by atoms with van der Waals surface area (Å²) in [6.07, 6.45) is 3.61. The van der Waals surface area contributed by atoms with Crippen LogP contribution in [0.3, 0.4) is 0 Å². The van der Waals surface area contributed by atoms with Crippen LogP contribution in [0.1, 0.15) is 24.2 Å². The molecule has 1 aliphatic rings. The Balaban J connectivity index is 1.86. The van der Waals surface area contributed by atoms with Crippen molar-refractivity contribution in [2.24, 2.45) is 0 Å². The predicted molar refractivity (Wildman–Crippen MR) is 84.3 cm³/mol. The highest BCUT2D eigenvalue weighted by molar-refractivity contribution is 5.21. The maximum atomic E-state index is 9.70. The first-order valence-electron chi connectivity index (χ1n) is 7.84. The number of aliphatic hydroxyl groups excluding tert-OH is 1. The smallest absolute Gasteiger partial charge is 0.100 e. The molecule has 1 saturated heterocycles. The molecule has 0 amide bonds. The van der Waals surface area contributed by atoms with Gasteiger partial charge in [-0.15, -0.1) is 0 Å². The fourth-order valence-corrected chi connectivity index (χ4v) is 3.16. The second-order valence-electron chi connectivity index (χ2n) is 5.59. The molecule has 1 N–H and O–H groups in total. The topological polar surface area (TPSA) is 50.5 Å². The van der Waals surface area contributed by atoms with Crippen molar-refractivity contribution in [2.45, 2.75) is 32.2 Å². The van der Waals surface area contributed by atoms with Crippen LogP contribution >= 0.6 is 0 Å². The van der Waals surface area contributed by atoms with Gasteiger partial charge in [0.1, 0.15) is 6.10 Å². The van der Waals surface area contributed by atoms with Crippen molar-refractivity contribution in [2.75, 3.05) is 19.8 Å². The number of rotatable bonds is 5. The Morgan fingerprint density at radius 2 is 2.14 bits per heavy atom. The molecular weight excluding hydrogens is 278 g/mol. The standard InChI is InChI=1S/C17H23N3O2/c1-2-19-13-18-10-15(19)11-20-8-9-22-16(12-21)17(20)14-6-4-3-5-7-14/h3-7,10,13,16-17,21H,2,8-9,11-12H2,1H3/t16-,17-/m1/s1. The van der Waals surface area contributed by atoms with Crippen LogP contribution in [0.4, 0.5) is 0 Å². The SMILES string of the molecule is CCn1cncc1CN1CCO[C@H](CO)[C@H]1c1ccccc1. The molecule has 22 heavy (non-hydrogen) atoms. The third kappa shape index (κ3) is 3.06. The van der Waals surface area contributed by atoms with Crippen molar-refractivity contribution in [3.05, 3.63) is 54.1 Å². The number of hydrogen-bond donors (Lipinski definition) is 1. The number of benzene rings is 1. The predicted octanol–water partition coefficient (Wildman–Crippen LogP) is 1.84. The van der Waals surface area contributed by atoms with Crippen molar-refractivity contribution in [1.29, 1.82) is 0 Å². The number of ether oxygens (including phenoxy) is 1. The van der Waals surface area contributed by atoms with Gasteiger partial charge in [-0.05, 0) is 12.5 Å². The molecule has 1 aromatic carbocycles. The van der Waals surface area contributed by atoms with Crippen LogP contribution in [0.5, 0.6) is 0 Å². The van der Waals surface area contributed by atoms with E-state index in [2.05, 4.69) is 33.5 Å². The van der Waals surface area contributed by atoms with Crippen molar-refractivity contribution in [1.82, 2.24) is 14.5 Å². The maximum Gasteiger partial charge on any atom is 0.100 e. The first-order chi connectivity index (χ1) is 10.8. The zero-order chi connectivity index (χ0) is 15.4. The molecule has 118 valence electrons. The van der Waals surface area contributed by atoms with Crippen LogP contribution in [0.2, 0.25) is 0 Å². The van der Waals surface area contributed by atoms with E-state index in [1.165, 1.54) is 11.3 Å². The lowest BCUT2D eigenvalue weighted by Gasteiger charge is -2.41. The largest absolute Gasteiger partial charge is 0.394 e. The minimum Gasteiger partial charge on any atom is -0.394 e. The fourth-order valence-electron chi connectivity index (χ4n) is 3.16. The van der Waals surface area contributed by atoms with E-state index < -0.39 is 0 Å². The summed E-state index contributed by atoms with van der Waals surface area (Å²) in [4.78, 5) is 6.63. The van der Waals surface area contributed by atoms with Gasteiger partial charge in [-0.1, -0.05) is 30.3 Å². The van der Waals surface area contributed by atoms with Crippen LogP contribution < -0.4 is 0 Å². The Morgan fingerprint density at radius 1 is 1.32 bits per heavy atom. The summed E-state index contributed by atoms with van der Waals surface area (Å²) >= 11 is 0. The van der Waals surface area contributed by atoms with Gasteiger partial charge in [0, 0.05) is 25.8 Å². The van der Waals surface area contributed by atoms with Crippen LogP contribution in [0, 0.1) is 0 Å². The van der Waals surface area contributed by atoms with Crippen molar-refractivity contribution < 1.29 is 9.84 Å². The van der Waals surface area contributed by atoms with E-state index in [0.29, 0.717) is 6.61 Å². The van der Waals surface area contributed by atoms with Crippen LogP contribution in [-0.2, 0) is 17.8 Å². The maximum absolute atomic E-state index is 9.70. The Morgan fingerprint density at radius 3 is 2.86 bits per heavy atom. The first kappa shape index (κ1) is 15.2. The summed E-state index contributed by atoms with van der Waals surface area (Å²) in [5, 5.41) is 9.70. The number of morpholine rings is 1. The van der Waals surface area contributed by atoms with Crippen LogP contribution in [0.15, 0.2) is 42.9 Å². The van der Waals surface area contributed by atoms with Gasteiger partial charge in [0.2, 0.25) is 0 Å². The lowest BCUT2D eigenvalue weighted by molar-refractivity contribution is -0.0965. The van der Waals surface area contributed by atoms with E-state index in [0.717, 1.165) is 19.6 Å². The molecule has 0 radical (unpaired) electrons. The lowest BCUT2D eigenvalue weighted by atomic mass is 9.98. The Bertz CT molecular complexity index is 585. The average Bonchev–Trinajstić information content (AvgIpc) is 3.02. The zero-order valence-electron chi connectivity index (χ0n) is 12.9. The molecular formula is C17H23N3O2. The van der Waals surface area contributed by atoms with E-state index in [1.54, 1.807) is 0 Å². The zero-order valence-corrected chi connectivity index (χ0v) is 12.9. The molecule has 1 aromatic heterocycles. The lowest BCUT2D eigenvalue weighted by Crippen LogP contribution is -2.46. The molecule has 2 atom stereocenters. The Kier molecular flexibility index (Phi) is 4.87. The Hall–Kier alpha value is -1.69. The van der Waals surface area contributed by atoms with E-state index >= 15 is 0 Å². The molecule has 0 aliphatic carbocycles. The molecule has 1 fully saturated rings. The molecule has 2 heterocycles. The van der Waals surface area contributed by atoms with Crippen LogP contribution in [-0.4, -0.2) is 45.4 Å². The molecule has 2 aromatic rings. The molecule has 0 bridgehead atoms. The van der Waals surface area contributed by atoms with Gasteiger partial charge in [-0.2, -0.15) is 0 Å². The number of imidazole rings is 1. The molecule has 1 aliphatic heterocycles. The van der Waals surface area contributed by atoms with E-state index in [-0.39, 0.29) is 18.8 Å². The highest BCUT2D eigenvalue weighted by Crippen LogP contribution is 2.30. The van der Waals surface area contributed by atoms with E-state index in [9.17, 15) is 5.11 Å². The van der Waals surface area contributed by atoms with Gasteiger partial charge in [0.05, 0.1) is 31.3 Å². The summed E-state index contributed by atoms with van der Waals surface area (Å²) in [7, 11) is 0. The first-order valence-corrected chi connectivity index (χ1v) is 7.84. The third-order valence-corrected chi connectivity index (χ3v) is 4.28. The monoisotopic (exact) mass is 301 g/mol. The highest BCUT2D eigenvalue weighted by atomic mass is 16.5. The molecule has 5 heteroatoms. The number of aliphatic hydroxyl groups is 1. The number of aryl methyl sites for hydroxylation is 1. The second-order valence-corrected chi connectivity index (χ2v) is 5.59. The Labute approximate surface area is 131 Å². The summed E-state index contributed by atoms with van der Waals surface area (Å²) in [5.41, 5.74) is 2.38. The highest BCUT2D eigenvalue weighted by Gasteiger charge is 2.33. The van der Waals surface area contributed by atoms with E-state index in [1.807, 2.05) is 30.7 Å². The molecule has 0 spiro atoms. The number of hydrogen-bond acceptors (Lipinski definition) is 4. The third-order valence-electron chi connectivity index (χ3n) is 4.28. The van der Waals surface area contributed by atoms with Gasteiger partial charge in [0.15, 0.2) is 0 Å². The minimum absolute atomic E-state index is 0.0309.